The van der Waals surface area contributed by atoms with Crippen molar-refractivity contribution in [3.05, 3.63) is 30.3 Å². The van der Waals surface area contributed by atoms with Gasteiger partial charge in [-0.15, -0.1) is 0 Å². The van der Waals surface area contributed by atoms with Gasteiger partial charge in [0, 0.05) is 45.0 Å². The van der Waals surface area contributed by atoms with E-state index in [0.717, 1.165) is 50.7 Å². The number of nitrogens with one attached hydrogen (secondary N) is 1. The lowest BCUT2D eigenvalue weighted by Gasteiger charge is -2.39. The van der Waals surface area contributed by atoms with Gasteiger partial charge in [-0.25, -0.2) is 0 Å². The molecule has 3 aliphatic rings. The summed E-state index contributed by atoms with van der Waals surface area (Å²) >= 11 is 0. The summed E-state index contributed by atoms with van der Waals surface area (Å²) in [5.74, 6) is 1.10. The Kier molecular flexibility index (Phi) is 5.34. The van der Waals surface area contributed by atoms with Crippen LogP contribution in [0.15, 0.2) is 30.3 Å². The molecule has 0 bridgehead atoms. The molecule has 5 nitrogen and oxygen atoms in total. The monoisotopic (exact) mass is 342 g/mol. The van der Waals surface area contributed by atoms with Gasteiger partial charge < -0.3 is 15.1 Å². The van der Waals surface area contributed by atoms with Crippen molar-refractivity contribution in [2.45, 2.75) is 25.3 Å². The zero-order chi connectivity index (χ0) is 17.1. The van der Waals surface area contributed by atoms with E-state index < -0.39 is 0 Å². The van der Waals surface area contributed by atoms with Gasteiger partial charge in [-0.3, -0.25) is 9.69 Å². The summed E-state index contributed by atoms with van der Waals surface area (Å²) in [5, 5.41) is 3.52. The second-order valence-corrected chi connectivity index (χ2v) is 7.68. The Labute approximate surface area is 151 Å². The lowest BCUT2D eigenvalue weighted by atomic mass is 9.99. The van der Waals surface area contributed by atoms with Crippen molar-refractivity contribution in [1.29, 1.82) is 0 Å². The van der Waals surface area contributed by atoms with Crippen molar-refractivity contribution < 1.29 is 4.79 Å². The molecule has 1 aromatic rings. The average Bonchev–Trinajstić information content (AvgIpc) is 3.05. The van der Waals surface area contributed by atoms with Crippen LogP contribution in [0.2, 0.25) is 0 Å². The Hall–Kier alpha value is -1.43. The number of rotatable bonds is 4. The van der Waals surface area contributed by atoms with E-state index in [1.807, 2.05) is 35.2 Å². The fourth-order valence-electron chi connectivity index (χ4n) is 4.57. The summed E-state index contributed by atoms with van der Waals surface area (Å²) in [7, 11) is 0. The van der Waals surface area contributed by atoms with Crippen LogP contribution < -0.4 is 10.2 Å². The van der Waals surface area contributed by atoms with Crippen molar-refractivity contribution in [3.63, 3.8) is 0 Å². The minimum absolute atomic E-state index is 0.0821. The summed E-state index contributed by atoms with van der Waals surface area (Å²) in [5.41, 5.74) is 1.04. The van der Waals surface area contributed by atoms with Gasteiger partial charge in [0.05, 0.1) is 6.04 Å². The van der Waals surface area contributed by atoms with E-state index in [1.165, 1.54) is 32.5 Å². The highest BCUT2D eigenvalue weighted by Gasteiger charge is 2.37. The standard InChI is InChI=1S/C20H30N4O/c25-20-19(8-10-24(20)18-6-2-1-3-7-18)23-13-11-22(12-14-23)16-17-5-4-9-21-15-17/h1-3,6-7,17,19,21H,4-5,8-16H2. The van der Waals surface area contributed by atoms with Gasteiger partial charge in [0.2, 0.25) is 5.91 Å². The van der Waals surface area contributed by atoms with Gasteiger partial charge in [0.15, 0.2) is 0 Å². The number of carbonyl (C=O) groups is 1. The SMILES string of the molecule is O=C1C(N2CCN(CC3CCCNC3)CC2)CCN1c1ccccc1. The molecular formula is C20H30N4O. The van der Waals surface area contributed by atoms with E-state index in [2.05, 4.69) is 15.1 Å². The summed E-state index contributed by atoms with van der Waals surface area (Å²) in [6.07, 6.45) is 3.64. The predicted octanol–water partition coefficient (Wildman–Crippen LogP) is 1.41. The van der Waals surface area contributed by atoms with Gasteiger partial charge in [0.25, 0.3) is 0 Å². The molecule has 0 saturated carbocycles. The Balaban J connectivity index is 1.28. The quantitative estimate of drug-likeness (QED) is 0.898. The molecule has 1 amide bonds. The number of para-hydroxylation sites is 1. The molecule has 3 fully saturated rings. The van der Waals surface area contributed by atoms with E-state index in [4.69, 9.17) is 0 Å². The van der Waals surface area contributed by atoms with Crippen molar-refractivity contribution in [2.24, 2.45) is 5.92 Å². The number of hydrogen-bond donors (Lipinski definition) is 1. The zero-order valence-electron chi connectivity index (χ0n) is 15.1. The number of carbonyl (C=O) groups excluding carboxylic acids is 1. The van der Waals surface area contributed by atoms with Crippen molar-refractivity contribution in [2.75, 3.05) is 57.3 Å². The summed E-state index contributed by atoms with van der Waals surface area (Å²) in [6.45, 7) is 8.69. The lowest BCUT2D eigenvalue weighted by Crippen LogP contribution is -2.53. The van der Waals surface area contributed by atoms with E-state index in [1.54, 1.807) is 0 Å². The third-order valence-corrected chi connectivity index (χ3v) is 6.01. The van der Waals surface area contributed by atoms with Gasteiger partial charge in [-0.05, 0) is 50.4 Å². The number of amides is 1. The first-order valence-electron chi connectivity index (χ1n) is 9.85. The summed E-state index contributed by atoms with van der Waals surface area (Å²) in [4.78, 5) is 19.8. The molecule has 2 atom stereocenters. The maximum atomic E-state index is 12.9. The second-order valence-electron chi connectivity index (χ2n) is 7.68. The highest BCUT2D eigenvalue weighted by atomic mass is 16.2. The van der Waals surface area contributed by atoms with Crippen LogP contribution in [0.5, 0.6) is 0 Å². The number of hydrogen-bond acceptors (Lipinski definition) is 4. The van der Waals surface area contributed by atoms with Crippen LogP contribution in [-0.2, 0) is 4.79 Å². The maximum Gasteiger partial charge on any atom is 0.244 e. The maximum absolute atomic E-state index is 12.9. The van der Waals surface area contributed by atoms with Crippen molar-refractivity contribution >= 4 is 11.6 Å². The molecule has 2 unspecified atom stereocenters. The van der Waals surface area contributed by atoms with Crippen LogP contribution in [0.3, 0.4) is 0 Å². The molecule has 3 saturated heterocycles. The predicted molar refractivity (Wildman–Crippen MR) is 101 cm³/mol. The molecular weight excluding hydrogens is 312 g/mol. The fraction of sp³-hybridized carbons (Fsp3) is 0.650. The highest BCUT2D eigenvalue weighted by molar-refractivity contribution is 5.99. The average molecular weight is 342 g/mol. The summed E-state index contributed by atoms with van der Waals surface area (Å²) in [6, 6.07) is 10.2. The smallest absolute Gasteiger partial charge is 0.244 e. The summed E-state index contributed by atoms with van der Waals surface area (Å²) < 4.78 is 0. The number of benzene rings is 1. The minimum Gasteiger partial charge on any atom is -0.316 e. The Bertz CT molecular complexity index is 564. The molecule has 1 N–H and O–H groups in total. The first-order chi connectivity index (χ1) is 12.3. The van der Waals surface area contributed by atoms with Crippen molar-refractivity contribution in [3.8, 4) is 0 Å². The van der Waals surface area contributed by atoms with E-state index in [9.17, 15) is 4.79 Å². The largest absolute Gasteiger partial charge is 0.316 e. The van der Waals surface area contributed by atoms with E-state index in [0.29, 0.717) is 0 Å². The van der Waals surface area contributed by atoms with Crippen LogP contribution >= 0.6 is 0 Å². The minimum atomic E-state index is 0.0821. The van der Waals surface area contributed by atoms with Gasteiger partial charge in [0.1, 0.15) is 0 Å². The lowest BCUT2D eigenvalue weighted by molar-refractivity contribution is -0.122. The van der Waals surface area contributed by atoms with Gasteiger partial charge >= 0.3 is 0 Å². The highest BCUT2D eigenvalue weighted by Crippen LogP contribution is 2.25. The number of anilines is 1. The number of nitrogens with zero attached hydrogens (tertiary/aromatic N) is 3. The second kappa shape index (κ2) is 7.85. The van der Waals surface area contributed by atoms with Crippen molar-refractivity contribution in [1.82, 2.24) is 15.1 Å². The molecule has 5 heteroatoms. The zero-order valence-corrected chi connectivity index (χ0v) is 15.1. The van der Waals surface area contributed by atoms with Crippen LogP contribution in [-0.4, -0.2) is 74.1 Å². The van der Waals surface area contributed by atoms with Crippen LogP contribution in [0.1, 0.15) is 19.3 Å². The molecule has 3 heterocycles. The van der Waals surface area contributed by atoms with E-state index >= 15 is 0 Å². The van der Waals surface area contributed by atoms with Gasteiger partial charge in [-0.1, -0.05) is 18.2 Å². The van der Waals surface area contributed by atoms with Crippen LogP contribution in [0.25, 0.3) is 0 Å². The molecule has 1 aromatic carbocycles. The number of piperidine rings is 1. The Morgan fingerprint density at radius 1 is 1.00 bits per heavy atom. The molecule has 0 aromatic heterocycles. The third-order valence-electron chi connectivity index (χ3n) is 6.01. The number of piperazine rings is 1. The molecule has 3 aliphatic heterocycles. The first kappa shape index (κ1) is 17.0. The Morgan fingerprint density at radius 3 is 2.52 bits per heavy atom. The topological polar surface area (TPSA) is 38.8 Å². The van der Waals surface area contributed by atoms with Gasteiger partial charge in [-0.2, -0.15) is 0 Å². The van der Waals surface area contributed by atoms with Crippen LogP contribution in [0.4, 0.5) is 5.69 Å². The molecule has 0 spiro atoms. The van der Waals surface area contributed by atoms with Crippen LogP contribution in [0, 0.1) is 5.92 Å². The molecule has 136 valence electrons. The Morgan fingerprint density at radius 2 is 1.80 bits per heavy atom. The molecule has 25 heavy (non-hydrogen) atoms. The van der Waals surface area contributed by atoms with E-state index in [-0.39, 0.29) is 11.9 Å². The third kappa shape index (κ3) is 3.89. The molecule has 4 rings (SSSR count). The molecule has 0 radical (unpaired) electrons. The first-order valence-corrected chi connectivity index (χ1v) is 9.85. The molecule has 0 aliphatic carbocycles. The fourth-order valence-corrected chi connectivity index (χ4v) is 4.57. The normalized spacial score (nSPS) is 29.3.